The van der Waals surface area contributed by atoms with Gasteiger partial charge in [-0.25, -0.2) is 0 Å². The molecule has 0 saturated carbocycles. The Labute approximate surface area is 205 Å². The average molecular weight is 481 g/mol. The Morgan fingerprint density at radius 3 is 2.56 bits per heavy atom. The Bertz CT molecular complexity index is 1110. The molecule has 180 valence electrons. The summed E-state index contributed by atoms with van der Waals surface area (Å²) in [5.41, 5.74) is 5.49. The lowest BCUT2D eigenvalue weighted by molar-refractivity contribution is -0.130. The van der Waals surface area contributed by atoms with Gasteiger partial charge >= 0.3 is 0 Å². The highest BCUT2D eigenvalue weighted by atomic mass is 32.2. The molecule has 2 aromatic carbocycles. The van der Waals surface area contributed by atoms with Gasteiger partial charge in [0.15, 0.2) is 0 Å². The fourth-order valence-electron chi connectivity index (χ4n) is 3.88. The average Bonchev–Trinajstić information content (AvgIpc) is 3.51. The third kappa shape index (κ3) is 6.18. The van der Waals surface area contributed by atoms with Crippen LogP contribution in [0.5, 0.6) is 0 Å². The van der Waals surface area contributed by atoms with Gasteiger partial charge in [-0.1, -0.05) is 30.0 Å². The van der Waals surface area contributed by atoms with Crippen LogP contribution in [0.3, 0.4) is 0 Å². The van der Waals surface area contributed by atoms with E-state index in [1.165, 1.54) is 22.9 Å². The second-order valence-electron chi connectivity index (χ2n) is 8.93. The zero-order valence-corrected chi connectivity index (χ0v) is 21.1. The van der Waals surface area contributed by atoms with Crippen molar-refractivity contribution in [2.24, 2.45) is 0 Å². The molecule has 1 aliphatic rings. The molecule has 0 aliphatic carbocycles. The molecule has 1 atom stereocenters. The van der Waals surface area contributed by atoms with Gasteiger partial charge in [-0.05, 0) is 67.6 Å². The molecule has 8 heteroatoms. The highest BCUT2D eigenvalue weighted by molar-refractivity contribution is 7.99. The lowest BCUT2D eigenvalue weighted by Gasteiger charge is -2.25. The predicted molar refractivity (Wildman–Crippen MR) is 135 cm³/mol. The number of carbonyl (C=O) groups is 1. The lowest BCUT2D eigenvalue weighted by atomic mass is 10.1. The van der Waals surface area contributed by atoms with Gasteiger partial charge in [0, 0.05) is 45.0 Å². The molecule has 1 saturated heterocycles. The van der Waals surface area contributed by atoms with Gasteiger partial charge in [0.1, 0.15) is 0 Å². The predicted octanol–water partition coefficient (Wildman–Crippen LogP) is 4.72. The van der Waals surface area contributed by atoms with Crippen molar-refractivity contribution in [2.75, 3.05) is 37.9 Å². The first-order valence-corrected chi connectivity index (χ1v) is 12.6. The normalized spacial score (nSPS) is 15.5. The van der Waals surface area contributed by atoms with Crippen LogP contribution in [-0.2, 0) is 16.1 Å². The molecule has 1 aliphatic heterocycles. The number of rotatable bonds is 9. The summed E-state index contributed by atoms with van der Waals surface area (Å²) in [6.45, 7) is 6.03. The number of benzene rings is 2. The summed E-state index contributed by atoms with van der Waals surface area (Å²) in [6, 6.07) is 14.3. The van der Waals surface area contributed by atoms with Gasteiger partial charge in [-0.3, -0.25) is 4.79 Å². The summed E-state index contributed by atoms with van der Waals surface area (Å²) in [5.74, 6) is 0.732. The highest BCUT2D eigenvalue weighted by Gasteiger charge is 2.23. The van der Waals surface area contributed by atoms with E-state index < -0.39 is 0 Å². The molecule has 1 aromatic heterocycles. The smallest absolute Gasteiger partial charge is 0.277 e. The Morgan fingerprint density at radius 2 is 1.88 bits per heavy atom. The summed E-state index contributed by atoms with van der Waals surface area (Å²) < 4.78 is 11.6. The van der Waals surface area contributed by atoms with E-state index in [-0.39, 0.29) is 17.8 Å². The van der Waals surface area contributed by atoms with Crippen molar-refractivity contribution in [1.82, 2.24) is 15.1 Å². The molecule has 0 radical (unpaired) electrons. The van der Waals surface area contributed by atoms with Crippen molar-refractivity contribution >= 4 is 23.4 Å². The van der Waals surface area contributed by atoms with Crippen molar-refractivity contribution in [1.29, 1.82) is 0 Å². The third-order valence-corrected chi connectivity index (χ3v) is 6.91. The van der Waals surface area contributed by atoms with Crippen LogP contribution in [0, 0.1) is 13.8 Å². The minimum atomic E-state index is 0.0307. The van der Waals surface area contributed by atoms with Crippen molar-refractivity contribution in [2.45, 2.75) is 44.6 Å². The van der Waals surface area contributed by atoms with Crippen molar-refractivity contribution < 1.29 is 13.9 Å². The Hall–Kier alpha value is -2.84. The lowest BCUT2D eigenvalue weighted by Crippen LogP contribution is -2.38. The van der Waals surface area contributed by atoms with Gasteiger partial charge in [-0.15, -0.1) is 10.2 Å². The molecule has 0 bridgehead atoms. The maximum absolute atomic E-state index is 13.2. The molecule has 3 aromatic rings. The summed E-state index contributed by atoms with van der Waals surface area (Å²) >= 11 is 1.28. The quantitative estimate of drug-likeness (QED) is 0.410. The summed E-state index contributed by atoms with van der Waals surface area (Å²) in [5, 5.41) is 8.70. The van der Waals surface area contributed by atoms with E-state index in [0.29, 0.717) is 24.2 Å². The first-order valence-electron chi connectivity index (χ1n) is 11.6. The zero-order chi connectivity index (χ0) is 24.1. The van der Waals surface area contributed by atoms with E-state index in [1.807, 2.05) is 37.2 Å². The molecule has 34 heavy (non-hydrogen) atoms. The first kappa shape index (κ1) is 24.3. The third-order valence-electron chi connectivity index (χ3n) is 6.11. The standard InChI is InChI=1S/C26H32N4O3S/c1-18-7-10-21(14-19(18)2)25-27-28-26(33-25)34-17-24(31)30(16-23-6-5-13-32-23)15-20-8-11-22(12-9-20)29(3)4/h7-12,14,23H,5-6,13,15-17H2,1-4H3/t23-/m1/s1. The van der Waals surface area contributed by atoms with E-state index in [9.17, 15) is 4.79 Å². The van der Waals surface area contributed by atoms with Gasteiger partial charge in [0.25, 0.3) is 5.22 Å². The van der Waals surface area contributed by atoms with Gasteiger partial charge < -0.3 is 19.0 Å². The summed E-state index contributed by atoms with van der Waals surface area (Å²) in [6.07, 6.45) is 2.12. The molecule has 7 nitrogen and oxygen atoms in total. The minimum Gasteiger partial charge on any atom is -0.411 e. The van der Waals surface area contributed by atoms with E-state index in [0.717, 1.165) is 36.3 Å². The number of carbonyl (C=O) groups excluding carboxylic acids is 1. The van der Waals surface area contributed by atoms with E-state index >= 15 is 0 Å². The summed E-state index contributed by atoms with van der Waals surface area (Å²) in [7, 11) is 4.03. The SMILES string of the molecule is Cc1ccc(-c2nnc(SCC(=O)N(Cc3ccc(N(C)C)cc3)C[C@H]3CCCO3)o2)cc1C. The molecule has 0 unspecified atom stereocenters. The van der Waals surface area contributed by atoms with E-state index in [4.69, 9.17) is 9.15 Å². The number of nitrogens with zero attached hydrogens (tertiary/aromatic N) is 4. The second kappa shape index (κ2) is 11.1. The van der Waals surface area contributed by atoms with Gasteiger partial charge in [0.2, 0.25) is 11.8 Å². The Morgan fingerprint density at radius 1 is 1.09 bits per heavy atom. The highest BCUT2D eigenvalue weighted by Crippen LogP contribution is 2.25. The molecule has 0 N–H and O–H groups in total. The molecular formula is C26H32N4O3S. The topological polar surface area (TPSA) is 71.7 Å². The number of ether oxygens (including phenoxy) is 1. The molecular weight excluding hydrogens is 448 g/mol. The fourth-order valence-corrected chi connectivity index (χ4v) is 4.55. The van der Waals surface area contributed by atoms with Crippen LogP contribution in [-0.4, -0.2) is 60.1 Å². The maximum Gasteiger partial charge on any atom is 0.277 e. The van der Waals surface area contributed by atoms with Crippen LogP contribution >= 0.6 is 11.8 Å². The molecule has 0 spiro atoms. The molecule has 1 fully saturated rings. The number of amides is 1. The number of aromatic nitrogens is 2. The Balaban J connectivity index is 1.40. The number of anilines is 1. The van der Waals surface area contributed by atoms with Crippen LogP contribution in [0.4, 0.5) is 5.69 Å². The van der Waals surface area contributed by atoms with Crippen LogP contribution in [0.25, 0.3) is 11.5 Å². The van der Waals surface area contributed by atoms with Crippen LogP contribution < -0.4 is 4.90 Å². The van der Waals surface area contributed by atoms with Crippen LogP contribution in [0.2, 0.25) is 0 Å². The fraction of sp³-hybridized carbons (Fsp3) is 0.423. The monoisotopic (exact) mass is 480 g/mol. The molecule has 1 amide bonds. The van der Waals surface area contributed by atoms with Crippen molar-refractivity contribution in [3.63, 3.8) is 0 Å². The van der Waals surface area contributed by atoms with Crippen LogP contribution in [0.1, 0.15) is 29.5 Å². The van der Waals surface area contributed by atoms with E-state index in [1.54, 1.807) is 0 Å². The van der Waals surface area contributed by atoms with Crippen LogP contribution in [0.15, 0.2) is 52.1 Å². The summed E-state index contributed by atoms with van der Waals surface area (Å²) in [4.78, 5) is 17.1. The van der Waals surface area contributed by atoms with Crippen molar-refractivity contribution in [3.05, 3.63) is 59.2 Å². The largest absolute Gasteiger partial charge is 0.411 e. The first-order chi connectivity index (χ1) is 16.4. The number of thioether (sulfide) groups is 1. The maximum atomic E-state index is 13.2. The second-order valence-corrected chi connectivity index (χ2v) is 9.86. The molecule has 2 heterocycles. The molecule has 4 rings (SSSR count). The van der Waals surface area contributed by atoms with Crippen molar-refractivity contribution in [3.8, 4) is 11.5 Å². The number of hydrogen-bond donors (Lipinski definition) is 0. The Kier molecular flexibility index (Phi) is 7.90. The van der Waals surface area contributed by atoms with Gasteiger partial charge in [0.05, 0.1) is 11.9 Å². The number of hydrogen-bond acceptors (Lipinski definition) is 7. The van der Waals surface area contributed by atoms with E-state index in [2.05, 4.69) is 53.2 Å². The minimum absolute atomic E-state index is 0.0307. The zero-order valence-electron chi connectivity index (χ0n) is 20.3. The van der Waals surface area contributed by atoms with Gasteiger partial charge in [-0.2, -0.15) is 0 Å². The number of aryl methyl sites for hydroxylation is 2.